The Morgan fingerprint density at radius 2 is 1.55 bits per heavy atom. The molecule has 4 atom stereocenters. The molecule has 3 aliphatic rings. The quantitative estimate of drug-likeness (QED) is 0.378. The molecule has 0 amide bonds. The van der Waals surface area contributed by atoms with Gasteiger partial charge in [0.25, 0.3) is 0 Å². The van der Waals surface area contributed by atoms with Crippen molar-refractivity contribution in [2.75, 3.05) is 32.7 Å². The van der Waals surface area contributed by atoms with Crippen molar-refractivity contribution in [3.8, 4) is 11.1 Å². The first kappa shape index (κ1) is 27.6. The summed E-state index contributed by atoms with van der Waals surface area (Å²) in [5.41, 5.74) is 12.5. The molecule has 3 saturated heterocycles. The minimum Gasteiger partial charge on any atom is -0.392 e. The molecule has 0 aliphatic carbocycles. The van der Waals surface area contributed by atoms with Gasteiger partial charge in [-0.05, 0) is 73.1 Å². The standard InChI is InChI=1S/C34H43N3O3/c35-21-29-6-1-2-8-32(29)26-13-15-28(16-14-26)34-39-31(20-33(40-34)27-11-9-25(24-38)10-12-27)23-37-19-5-7-30(37)22-36-17-3-4-18-36/h1-2,6,8-16,30-31,33-34,38H,3-5,7,17-24,35H2. The summed E-state index contributed by atoms with van der Waals surface area (Å²) in [5.74, 6) is 0. The van der Waals surface area contributed by atoms with Crippen LogP contribution < -0.4 is 5.73 Å². The van der Waals surface area contributed by atoms with Crippen LogP contribution in [0.4, 0.5) is 0 Å². The van der Waals surface area contributed by atoms with E-state index >= 15 is 0 Å². The molecule has 3 aliphatic heterocycles. The molecule has 0 saturated carbocycles. The van der Waals surface area contributed by atoms with Crippen molar-refractivity contribution >= 4 is 0 Å². The van der Waals surface area contributed by atoms with Crippen LogP contribution in [-0.4, -0.2) is 59.8 Å². The topological polar surface area (TPSA) is 71.2 Å². The smallest absolute Gasteiger partial charge is 0.184 e. The number of aliphatic hydroxyl groups is 1. The van der Waals surface area contributed by atoms with Gasteiger partial charge >= 0.3 is 0 Å². The third kappa shape index (κ3) is 6.33. The molecule has 3 fully saturated rings. The van der Waals surface area contributed by atoms with Gasteiger partial charge < -0.3 is 25.2 Å². The summed E-state index contributed by atoms with van der Waals surface area (Å²) >= 11 is 0. The second kappa shape index (κ2) is 12.9. The number of aliphatic hydroxyl groups excluding tert-OH is 1. The number of rotatable bonds is 9. The Morgan fingerprint density at radius 1 is 0.800 bits per heavy atom. The maximum Gasteiger partial charge on any atom is 0.184 e. The molecule has 6 rings (SSSR count). The molecule has 212 valence electrons. The highest BCUT2D eigenvalue weighted by Gasteiger charge is 2.36. The normalized spacial score (nSPS) is 25.9. The lowest BCUT2D eigenvalue weighted by Crippen LogP contribution is -2.45. The Bertz CT molecular complexity index is 1230. The minimum absolute atomic E-state index is 0.0488. The van der Waals surface area contributed by atoms with Gasteiger partial charge in [0.05, 0.1) is 18.8 Å². The molecular weight excluding hydrogens is 498 g/mol. The van der Waals surface area contributed by atoms with Crippen molar-refractivity contribution in [1.82, 2.24) is 9.80 Å². The Kier molecular flexibility index (Phi) is 8.92. The SMILES string of the molecule is NCc1ccccc1-c1ccc(C2OC(CN3CCCC3CN3CCCC3)CC(c3ccc(CO)cc3)O2)cc1. The van der Waals surface area contributed by atoms with Crippen molar-refractivity contribution in [2.45, 2.75) is 69.8 Å². The molecule has 3 aromatic rings. The zero-order valence-electron chi connectivity index (χ0n) is 23.5. The van der Waals surface area contributed by atoms with Gasteiger partial charge in [-0.2, -0.15) is 0 Å². The summed E-state index contributed by atoms with van der Waals surface area (Å²) in [4.78, 5) is 5.32. The molecular formula is C34H43N3O3. The van der Waals surface area contributed by atoms with Crippen LogP contribution >= 0.6 is 0 Å². The highest BCUT2D eigenvalue weighted by Crippen LogP contribution is 2.39. The summed E-state index contributed by atoms with van der Waals surface area (Å²) in [6.45, 7) is 6.33. The third-order valence-corrected chi connectivity index (χ3v) is 8.95. The van der Waals surface area contributed by atoms with E-state index in [2.05, 4.69) is 64.4 Å². The zero-order valence-corrected chi connectivity index (χ0v) is 23.5. The molecule has 0 radical (unpaired) electrons. The monoisotopic (exact) mass is 541 g/mol. The van der Waals surface area contributed by atoms with Crippen molar-refractivity contribution in [2.24, 2.45) is 5.73 Å². The van der Waals surface area contributed by atoms with E-state index in [0.29, 0.717) is 12.6 Å². The summed E-state index contributed by atoms with van der Waals surface area (Å²) in [6, 6.07) is 25.7. The van der Waals surface area contributed by atoms with Gasteiger partial charge in [-0.3, -0.25) is 4.90 Å². The number of benzene rings is 3. The van der Waals surface area contributed by atoms with Gasteiger partial charge in [0.15, 0.2) is 6.29 Å². The van der Waals surface area contributed by atoms with Crippen molar-refractivity contribution < 1.29 is 14.6 Å². The van der Waals surface area contributed by atoms with Crippen LogP contribution in [0.15, 0.2) is 72.8 Å². The van der Waals surface area contributed by atoms with E-state index in [1.54, 1.807) is 0 Å². The number of hydrogen-bond acceptors (Lipinski definition) is 6. The fourth-order valence-electron chi connectivity index (χ4n) is 6.70. The van der Waals surface area contributed by atoms with Crippen LogP contribution in [0.25, 0.3) is 11.1 Å². The lowest BCUT2D eigenvalue weighted by molar-refractivity contribution is -0.253. The molecule has 0 spiro atoms. The Labute approximate surface area is 238 Å². The highest BCUT2D eigenvalue weighted by atomic mass is 16.7. The highest BCUT2D eigenvalue weighted by molar-refractivity contribution is 5.67. The molecule has 40 heavy (non-hydrogen) atoms. The van der Waals surface area contributed by atoms with E-state index in [4.69, 9.17) is 15.2 Å². The van der Waals surface area contributed by atoms with Crippen molar-refractivity contribution in [3.05, 3.63) is 95.1 Å². The molecule has 0 bridgehead atoms. The molecule has 3 aromatic carbocycles. The first-order valence-electron chi connectivity index (χ1n) is 15.1. The fourth-order valence-corrected chi connectivity index (χ4v) is 6.70. The van der Waals surface area contributed by atoms with E-state index < -0.39 is 6.29 Å². The van der Waals surface area contributed by atoms with Crippen LogP contribution in [0.5, 0.6) is 0 Å². The van der Waals surface area contributed by atoms with Gasteiger partial charge in [0.2, 0.25) is 0 Å². The van der Waals surface area contributed by atoms with E-state index in [-0.39, 0.29) is 18.8 Å². The number of nitrogens with two attached hydrogens (primary N) is 1. The van der Waals surface area contributed by atoms with E-state index in [0.717, 1.165) is 47.3 Å². The molecule has 4 unspecified atom stereocenters. The average molecular weight is 542 g/mol. The summed E-state index contributed by atoms with van der Waals surface area (Å²) in [6.07, 6.45) is 5.63. The molecule has 6 nitrogen and oxygen atoms in total. The summed E-state index contributed by atoms with van der Waals surface area (Å²) < 4.78 is 13.3. The van der Waals surface area contributed by atoms with Crippen LogP contribution in [0.2, 0.25) is 0 Å². The predicted octanol–water partition coefficient (Wildman–Crippen LogP) is 5.41. The number of likely N-dealkylation sites (tertiary alicyclic amines) is 2. The second-order valence-electron chi connectivity index (χ2n) is 11.6. The van der Waals surface area contributed by atoms with E-state index in [1.165, 1.54) is 50.9 Å². The minimum atomic E-state index is -0.431. The maximum absolute atomic E-state index is 9.53. The first-order valence-corrected chi connectivity index (χ1v) is 15.1. The van der Waals surface area contributed by atoms with Crippen LogP contribution in [0.1, 0.15) is 66.8 Å². The second-order valence-corrected chi connectivity index (χ2v) is 11.6. The van der Waals surface area contributed by atoms with Gasteiger partial charge in [-0.25, -0.2) is 0 Å². The fraction of sp³-hybridized carbons (Fsp3) is 0.471. The number of hydrogen-bond donors (Lipinski definition) is 2. The van der Waals surface area contributed by atoms with Gasteiger partial charge in [-0.15, -0.1) is 0 Å². The van der Waals surface area contributed by atoms with Gasteiger partial charge in [-0.1, -0.05) is 72.8 Å². The molecule has 0 aromatic heterocycles. The summed E-state index contributed by atoms with van der Waals surface area (Å²) in [5, 5.41) is 9.53. The van der Waals surface area contributed by atoms with Gasteiger partial charge in [0.1, 0.15) is 0 Å². The van der Waals surface area contributed by atoms with Crippen molar-refractivity contribution in [3.63, 3.8) is 0 Å². The number of nitrogens with zero attached hydrogens (tertiary/aromatic N) is 2. The lowest BCUT2D eigenvalue weighted by Gasteiger charge is -2.39. The van der Waals surface area contributed by atoms with E-state index in [9.17, 15) is 5.11 Å². The first-order chi connectivity index (χ1) is 19.7. The molecule has 3 heterocycles. The molecule has 6 heteroatoms. The predicted molar refractivity (Wildman–Crippen MR) is 158 cm³/mol. The maximum atomic E-state index is 9.53. The summed E-state index contributed by atoms with van der Waals surface area (Å²) in [7, 11) is 0. The van der Waals surface area contributed by atoms with Crippen LogP contribution in [0.3, 0.4) is 0 Å². The van der Waals surface area contributed by atoms with Gasteiger partial charge in [0, 0.05) is 37.7 Å². The Morgan fingerprint density at radius 3 is 2.30 bits per heavy atom. The number of ether oxygens (including phenoxy) is 2. The van der Waals surface area contributed by atoms with Crippen LogP contribution in [-0.2, 0) is 22.6 Å². The van der Waals surface area contributed by atoms with Crippen LogP contribution in [0, 0.1) is 0 Å². The van der Waals surface area contributed by atoms with Crippen molar-refractivity contribution in [1.29, 1.82) is 0 Å². The largest absolute Gasteiger partial charge is 0.392 e. The van der Waals surface area contributed by atoms with E-state index in [1.807, 2.05) is 18.2 Å². The zero-order chi connectivity index (χ0) is 27.3. The lowest BCUT2D eigenvalue weighted by atomic mass is 9.97. The average Bonchev–Trinajstić information content (AvgIpc) is 3.69. The Balaban J connectivity index is 1.21. The third-order valence-electron chi connectivity index (χ3n) is 8.95. The molecule has 3 N–H and O–H groups in total. The Hall–Kier alpha value is -2.58.